The predicted molar refractivity (Wildman–Crippen MR) is 121 cm³/mol. The zero-order valence-corrected chi connectivity index (χ0v) is 19.3. The molecule has 1 unspecified atom stereocenters. The molecule has 0 fully saturated rings. The van der Waals surface area contributed by atoms with Gasteiger partial charge in [0.15, 0.2) is 11.5 Å². The van der Waals surface area contributed by atoms with E-state index in [0.717, 1.165) is 22.4 Å². The van der Waals surface area contributed by atoms with Gasteiger partial charge in [-0.15, -0.1) is 0 Å². The Balaban J connectivity index is 2.24. The molecule has 1 N–H and O–H groups in total. The van der Waals surface area contributed by atoms with Crippen molar-refractivity contribution in [3.8, 4) is 11.5 Å². The van der Waals surface area contributed by atoms with Gasteiger partial charge in [-0.1, -0.05) is 50.6 Å². The Kier molecular flexibility index (Phi) is 6.92. The van der Waals surface area contributed by atoms with E-state index in [0.29, 0.717) is 24.5 Å². The molecular formula is C25H33NO5. The van der Waals surface area contributed by atoms with Crippen molar-refractivity contribution in [2.24, 2.45) is 5.41 Å². The predicted octanol–water partition coefficient (Wildman–Crippen LogP) is 4.26. The zero-order chi connectivity index (χ0) is 22.8. The number of rotatable bonds is 7. The molecule has 31 heavy (non-hydrogen) atoms. The maximum atomic E-state index is 13.5. The van der Waals surface area contributed by atoms with Gasteiger partial charge < -0.3 is 24.2 Å². The topological polar surface area (TPSA) is 68.2 Å². The monoisotopic (exact) mass is 427 g/mol. The van der Waals surface area contributed by atoms with Crippen LogP contribution >= 0.6 is 0 Å². The van der Waals surface area contributed by atoms with Crippen LogP contribution in [0.25, 0.3) is 0 Å². The van der Waals surface area contributed by atoms with E-state index in [4.69, 9.17) is 14.2 Å². The number of methoxy groups -OCH3 is 2. The Morgan fingerprint density at radius 2 is 1.87 bits per heavy atom. The van der Waals surface area contributed by atoms with Gasteiger partial charge in [0.1, 0.15) is 12.2 Å². The third-order valence-electron chi connectivity index (χ3n) is 5.70. The summed E-state index contributed by atoms with van der Waals surface area (Å²) in [6, 6.07) is 11.7. The lowest BCUT2D eigenvalue weighted by molar-refractivity contribution is -0.132. The summed E-state index contributed by atoms with van der Waals surface area (Å²) in [6.07, 6.45) is -0.593. The lowest BCUT2D eigenvalue weighted by Gasteiger charge is -2.32. The highest BCUT2D eigenvalue weighted by molar-refractivity contribution is 5.98. The highest BCUT2D eigenvalue weighted by atomic mass is 16.5. The molecule has 0 saturated carbocycles. The maximum Gasteiger partial charge on any atom is 0.256 e. The lowest BCUT2D eigenvalue weighted by atomic mass is 9.92. The van der Waals surface area contributed by atoms with Crippen molar-refractivity contribution in [2.45, 2.75) is 46.3 Å². The number of aliphatic hydroxyl groups excluding tert-OH is 1. The number of amides is 1. The molecule has 0 spiro atoms. The number of ether oxygens (including phenoxy) is 3. The second kappa shape index (κ2) is 9.28. The molecule has 168 valence electrons. The fourth-order valence-electron chi connectivity index (χ4n) is 3.99. The highest BCUT2D eigenvalue weighted by Crippen LogP contribution is 2.45. The first kappa shape index (κ1) is 23.1. The smallest absolute Gasteiger partial charge is 0.256 e. The van der Waals surface area contributed by atoms with Crippen LogP contribution in [0.3, 0.4) is 0 Å². The van der Waals surface area contributed by atoms with Gasteiger partial charge in [-0.05, 0) is 25.5 Å². The first-order valence-electron chi connectivity index (χ1n) is 10.7. The fourth-order valence-corrected chi connectivity index (χ4v) is 3.99. The first-order valence-corrected chi connectivity index (χ1v) is 10.7. The van der Waals surface area contributed by atoms with E-state index in [1.807, 2.05) is 58.0 Å². The molecule has 1 heterocycles. The minimum absolute atomic E-state index is 0.0250. The minimum atomic E-state index is -0.622. The third-order valence-corrected chi connectivity index (χ3v) is 5.70. The van der Waals surface area contributed by atoms with E-state index in [1.165, 1.54) is 0 Å². The SMILES string of the molecule is CC[C@H]1OC(c2cccc(OC)c2OC)c2cc(C)ccc2N(CC(C)(C)CO)C1=O. The number of aryl methyl sites for hydroxylation is 1. The summed E-state index contributed by atoms with van der Waals surface area (Å²) in [5.74, 6) is 1.10. The highest BCUT2D eigenvalue weighted by Gasteiger charge is 2.39. The molecule has 6 heteroatoms. The number of carbonyl (C=O) groups excluding carboxylic acids is 1. The van der Waals surface area contributed by atoms with Gasteiger partial charge in [0.05, 0.1) is 14.2 Å². The summed E-state index contributed by atoms with van der Waals surface area (Å²) >= 11 is 0. The van der Waals surface area contributed by atoms with Crippen LogP contribution in [0.2, 0.25) is 0 Å². The summed E-state index contributed by atoms with van der Waals surface area (Å²) in [5, 5.41) is 9.85. The van der Waals surface area contributed by atoms with Crippen molar-refractivity contribution < 1.29 is 24.1 Å². The van der Waals surface area contributed by atoms with Gasteiger partial charge in [0.2, 0.25) is 0 Å². The van der Waals surface area contributed by atoms with Gasteiger partial charge >= 0.3 is 0 Å². The number of hydrogen-bond donors (Lipinski definition) is 1. The second-order valence-corrected chi connectivity index (χ2v) is 8.80. The van der Waals surface area contributed by atoms with Crippen LogP contribution in [0.15, 0.2) is 36.4 Å². The summed E-state index contributed by atoms with van der Waals surface area (Å²) in [7, 11) is 3.21. The second-order valence-electron chi connectivity index (χ2n) is 8.80. The van der Waals surface area contributed by atoms with Gasteiger partial charge in [-0.2, -0.15) is 0 Å². The van der Waals surface area contributed by atoms with E-state index < -0.39 is 17.6 Å². The number of fused-ring (bicyclic) bond motifs is 1. The normalized spacial score (nSPS) is 19.1. The summed E-state index contributed by atoms with van der Waals surface area (Å²) < 4.78 is 17.7. The summed E-state index contributed by atoms with van der Waals surface area (Å²) in [5.41, 5.74) is 3.11. The quantitative estimate of drug-likeness (QED) is 0.715. The van der Waals surface area contributed by atoms with Crippen molar-refractivity contribution in [1.82, 2.24) is 0 Å². The molecule has 1 aliphatic rings. The number of carbonyl (C=O) groups is 1. The Morgan fingerprint density at radius 3 is 2.48 bits per heavy atom. The van der Waals surface area contributed by atoms with Crippen LogP contribution in [0.1, 0.15) is 50.0 Å². The van der Waals surface area contributed by atoms with Gasteiger partial charge in [-0.3, -0.25) is 4.79 Å². The van der Waals surface area contributed by atoms with Crippen molar-refractivity contribution in [1.29, 1.82) is 0 Å². The Bertz CT molecular complexity index is 940. The van der Waals surface area contributed by atoms with Gasteiger partial charge in [0.25, 0.3) is 5.91 Å². The largest absolute Gasteiger partial charge is 0.493 e. The number of nitrogens with zero attached hydrogens (tertiary/aromatic N) is 1. The summed E-state index contributed by atoms with van der Waals surface area (Å²) in [6.45, 7) is 8.22. The minimum Gasteiger partial charge on any atom is -0.493 e. The molecule has 2 aromatic carbocycles. The van der Waals surface area contributed by atoms with Crippen molar-refractivity contribution in [3.05, 3.63) is 53.1 Å². The van der Waals surface area contributed by atoms with Crippen LogP contribution in [0, 0.1) is 12.3 Å². The fraction of sp³-hybridized carbons (Fsp3) is 0.480. The van der Waals surface area contributed by atoms with Crippen molar-refractivity contribution >= 4 is 11.6 Å². The molecule has 0 radical (unpaired) electrons. The van der Waals surface area contributed by atoms with E-state index in [2.05, 4.69) is 6.07 Å². The van der Waals surface area contributed by atoms with Crippen molar-refractivity contribution in [3.63, 3.8) is 0 Å². The molecule has 1 aliphatic heterocycles. The molecule has 3 rings (SSSR count). The van der Waals surface area contributed by atoms with E-state index in [9.17, 15) is 9.90 Å². The lowest BCUT2D eigenvalue weighted by Crippen LogP contribution is -2.45. The van der Waals surface area contributed by atoms with Crippen LogP contribution in [-0.2, 0) is 9.53 Å². The van der Waals surface area contributed by atoms with Crippen LogP contribution in [0.4, 0.5) is 5.69 Å². The first-order chi connectivity index (χ1) is 14.8. The molecule has 0 saturated heterocycles. The van der Waals surface area contributed by atoms with Crippen LogP contribution in [-0.4, -0.2) is 44.5 Å². The Morgan fingerprint density at radius 1 is 1.13 bits per heavy atom. The number of aliphatic hydroxyl groups is 1. The molecule has 1 amide bonds. The Labute approximate surface area is 184 Å². The van der Waals surface area contributed by atoms with E-state index >= 15 is 0 Å². The van der Waals surface area contributed by atoms with E-state index in [-0.39, 0.29) is 12.5 Å². The molecule has 6 nitrogen and oxygen atoms in total. The van der Waals surface area contributed by atoms with Gasteiger partial charge in [0, 0.05) is 35.4 Å². The average Bonchev–Trinajstić information content (AvgIpc) is 2.87. The molecular weight excluding hydrogens is 394 g/mol. The number of para-hydroxylation sites is 1. The number of hydrogen-bond acceptors (Lipinski definition) is 5. The molecule has 0 aliphatic carbocycles. The number of benzene rings is 2. The third kappa shape index (κ3) is 4.55. The average molecular weight is 428 g/mol. The van der Waals surface area contributed by atoms with E-state index in [1.54, 1.807) is 19.1 Å². The van der Waals surface area contributed by atoms with Crippen LogP contribution < -0.4 is 14.4 Å². The molecule has 2 atom stereocenters. The zero-order valence-electron chi connectivity index (χ0n) is 19.3. The molecule has 2 aromatic rings. The summed E-state index contributed by atoms with van der Waals surface area (Å²) in [4.78, 5) is 15.3. The van der Waals surface area contributed by atoms with Crippen molar-refractivity contribution in [2.75, 3.05) is 32.3 Å². The molecule has 0 bridgehead atoms. The Hall–Kier alpha value is -2.57. The standard InChI is InChI=1S/C25H33NO5/c1-7-20-24(28)26(14-25(3,4)15-27)19-12-11-16(2)13-18(19)22(31-20)17-9-8-10-21(29-5)23(17)30-6/h8-13,20,22,27H,7,14-15H2,1-6H3/t20-,22?/m1/s1. The molecule has 0 aromatic heterocycles. The van der Waals surface area contributed by atoms with Gasteiger partial charge in [-0.25, -0.2) is 0 Å². The number of anilines is 1. The maximum absolute atomic E-state index is 13.5. The van der Waals surface area contributed by atoms with Crippen LogP contribution in [0.5, 0.6) is 11.5 Å².